The van der Waals surface area contributed by atoms with Crippen molar-refractivity contribution in [2.45, 2.75) is 46.5 Å². The van der Waals surface area contributed by atoms with Gasteiger partial charge in [0.15, 0.2) is 0 Å². The van der Waals surface area contributed by atoms with E-state index in [1.807, 2.05) is 0 Å². The van der Waals surface area contributed by atoms with Crippen LogP contribution in [0.25, 0.3) is 0 Å². The number of aliphatic hydroxyl groups is 1. The van der Waals surface area contributed by atoms with Crippen molar-refractivity contribution in [1.82, 2.24) is 0 Å². The van der Waals surface area contributed by atoms with Gasteiger partial charge in [-0.05, 0) is 48.3 Å². The maximum Gasteiger partial charge on any atom is 0.0464 e. The first-order valence-corrected chi connectivity index (χ1v) is 5.59. The summed E-state index contributed by atoms with van der Waals surface area (Å²) in [6, 6.07) is 0. The third kappa shape index (κ3) is 1.76. The highest BCUT2D eigenvalue weighted by molar-refractivity contribution is 5.01. The van der Waals surface area contributed by atoms with E-state index >= 15 is 0 Å². The van der Waals surface area contributed by atoms with Crippen LogP contribution in [0, 0.1) is 22.7 Å². The van der Waals surface area contributed by atoms with Crippen LogP contribution >= 0.6 is 0 Å². The summed E-state index contributed by atoms with van der Waals surface area (Å²) < 4.78 is 0. The summed E-state index contributed by atoms with van der Waals surface area (Å²) in [5.74, 6) is 1.60. The quantitative estimate of drug-likeness (QED) is 0.709. The minimum absolute atomic E-state index is 0.407. The van der Waals surface area contributed by atoms with Gasteiger partial charge >= 0.3 is 0 Å². The van der Waals surface area contributed by atoms with Crippen LogP contribution in [0.5, 0.6) is 0 Å². The van der Waals surface area contributed by atoms with Crippen molar-refractivity contribution >= 4 is 0 Å². The van der Waals surface area contributed by atoms with Crippen LogP contribution in [0.2, 0.25) is 0 Å². The number of aliphatic hydroxyl groups excluding tert-OH is 1. The first-order valence-electron chi connectivity index (χ1n) is 5.59. The Kier molecular flexibility index (Phi) is 1.99. The van der Waals surface area contributed by atoms with Gasteiger partial charge in [-0.25, -0.2) is 0 Å². The molecule has 2 aliphatic rings. The van der Waals surface area contributed by atoms with Gasteiger partial charge in [-0.1, -0.05) is 20.8 Å². The minimum atomic E-state index is 0.407. The van der Waals surface area contributed by atoms with Gasteiger partial charge in [-0.3, -0.25) is 0 Å². The summed E-state index contributed by atoms with van der Waals surface area (Å²) in [5.41, 5.74) is 1.15. The highest BCUT2D eigenvalue weighted by atomic mass is 16.3. The van der Waals surface area contributed by atoms with Gasteiger partial charge in [0.05, 0.1) is 0 Å². The van der Waals surface area contributed by atoms with Crippen LogP contribution in [0.3, 0.4) is 0 Å². The lowest BCUT2D eigenvalue weighted by Gasteiger charge is -2.10. The molecule has 0 aromatic heterocycles. The average molecular weight is 182 g/mol. The van der Waals surface area contributed by atoms with Crippen molar-refractivity contribution in [2.24, 2.45) is 22.7 Å². The zero-order chi connectivity index (χ0) is 9.69. The summed E-state index contributed by atoms with van der Waals surface area (Å²) in [6.45, 7) is 7.49. The fraction of sp³-hybridized carbons (Fsp3) is 1.00. The highest BCUT2D eigenvalue weighted by Gasteiger charge is 2.51. The molecule has 0 aromatic carbocycles. The van der Waals surface area contributed by atoms with Crippen molar-refractivity contribution in [3.05, 3.63) is 0 Å². The molecule has 2 saturated carbocycles. The van der Waals surface area contributed by atoms with Crippen LogP contribution in [0.4, 0.5) is 0 Å². The lowest BCUT2D eigenvalue weighted by molar-refractivity contribution is 0.246. The second-order valence-electron chi connectivity index (χ2n) is 6.17. The Morgan fingerprint density at radius 2 is 1.77 bits per heavy atom. The van der Waals surface area contributed by atoms with Gasteiger partial charge in [-0.2, -0.15) is 0 Å². The normalized spacial score (nSPS) is 46.2. The molecule has 2 rings (SSSR count). The van der Waals surface area contributed by atoms with Crippen LogP contribution in [0.15, 0.2) is 0 Å². The SMILES string of the molecule is CC1(CC[C@@H]2CC2(C)C)CC1CO. The zero-order valence-corrected chi connectivity index (χ0v) is 9.14. The molecule has 3 atom stereocenters. The fourth-order valence-electron chi connectivity index (χ4n) is 2.67. The molecule has 2 aliphatic carbocycles. The largest absolute Gasteiger partial charge is 0.396 e. The molecule has 1 N–H and O–H groups in total. The summed E-state index contributed by atoms with van der Waals surface area (Å²) in [4.78, 5) is 0. The number of hydrogen-bond donors (Lipinski definition) is 1. The molecule has 2 unspecified atom stereocenters. The monoisotopic (exact) mass is 182 g/mol. The van der Waals surface area contributed by atoms with E-state index in [4.69, 9.17) is 5.11 Å². The first-order chi connectivity index (χ1) is 5.98. The highest BCUT2D eigenvalue weighted by Crippen LogP contribution is 2.60. The fourth-order valence-corrected chi connectivity index (χ4v) is 2.67. The van der Waals surface area contributed by atoms with Crippen molar-refractivity contribution < 1.29 is 5.11 Å². The molecule has 76 valence electrons. The van der Waals surface area contributed by atoms with E-state index in [9.17, 15) is 0 Å². The van der Waals surface area contributed by atoms with E-state index in [2.05, 4.69) is 20.8 Å². The first kappa shape index (κ1) is 9.51. The van der Waals surface area contributed by atoms with E-state index in [-0.39, 0.29) is 0 Å². The summed E-state index contributed by atoms with van der Waals surface area (Å²) in [6.07, 6.45) is 5.41. The summed E-state index contributed by atoms with van der Waals surface area (Å²) in [5, 5.41) is 9.03. The van der Waals surface area contributed by atoms with Gasteiger partial charge in [0.2, 0.25) is 0 Å². The van der Waals surface area contributed by atoms with E-state index < -0.39 is 0 Å². The van der Waals surface area contributed by atoms with Gasteiger partial charge in [-0.15, -0.1) is 0 Å². The van der Waals surface area contributed by atoms with Gasteiger partial charge < -0.3 is 5.11 Å². The molecule has 0 heterocycles. The van der Waals surface area contributed by atoms with Crippen molar-refractivity contribution in [2.75, 3.05) is 6.61 Å². The Labute approximate surface area is 81.5 Å². The molecular formula is C12H22O. The van der Waals surface area contributed by atoms with Gasteiger partial charge in [0.1, 0.15) is 0 Å². The van der Waals surface area contributed by atoms with Crippen LogP contribution < -0.4 is 0 Å². The smallest absolute Gasteiger partial charge is 0.0464 e. The Bertz CT molecular complexity index is 209. The second-order valence-corrected chi connectivity index (χ2v) is 6.17. The number of rotatable bonds is 4. The van der Waals surface area contributed by atoms with Crippen LogP contribution in [-0.2, 0) is 0 Å². The minimum Gasteiger partial charge on any atom is -0.396 e. The maximum atomic E-state index is 9.03. The standard InChI is InChI=1S/C12H22O/c1-11(2)6-9(11)4-5-12(3)7-10(12)8-13/h9-10,13H,4-8H2,1-3H3/t9-,10?,12?/m1/s1. The topological polar surface area (TPSA) is 20.2 Å². The molecule has 1 heteroatoms. The average Bonchev–Trinajstić information content (AvgIpc) is 2.87. The molecule has 0 aromatic rings. The third-order valence-corrected chi connectivity index (χ3v) is 4.54. The van der Waals surface area contributed by atoms with E-state index in [1.54, 1.807) is 0 Å². The van der Waals surface area contributed by atoms with E-state index in [1.165, 1.54) is 25.7 Å². The van der Waals surface area contributed by atoms with Gasteiger partial charge in [0, 0.05) is 6.61 Å². The lowest BCUT2D eigenvalue weighted by atomic mass is 9.96. The molecule has 13 heavy (non-hydrogen) atoms. The van der Waals surface area contributed by atoms with Crippen molar-refractivity contribution in [1.29, 1.82) is 0 Å². The third-order valence-electron chi connectivity index (χ3n) is 4.54. The molecule has 0 amide bonds. The van der Waals surface area contributed by atoms with Crippen molar-refractivity contribution in [3.8, 4) is 0 Å². The van der Waals surface area contributed by atoms with Crippen molar-refractivity contribution in [3.63, 3.8) is 0 Å². The molecule has 0 radical (unpaired) electrons. The molecule has 0 spiro atoms. The van der Waals surface area contributed by atoms with E-state index in [0.717, 1.165) is 5.92 Å². The second kappa shape index (κ2) is 2.73. The summed E-state index contributed by atoms with van der Waals surface area (Å²) >= 11 is 0. The Hall–Kier alpha value is -0.0400. The maximum absolute atomic E-state index is 9.03. The Morgan fingerprint density at radius 1 is 1.15 bits per heavy atom. The summed E-state index contributed by atoms with van der Waals surface area (Å²) in [7, 11) is 0. The predicted octanol–water partition coefficient (Wildman–Crippen LogP) is 2.83. The van der Waals surface area contributed by atoms with Gasteiger partial charge in [0.25, 0.3) is 0 Å². The Balaban J connectivity index is 1.70. The molecule has 0 aliphatic heterocycles. The lowest BCUT2D eigenvalue weighted by Crippen LogP contribution is -2.02. The molecule has 0 bridgehead atoms. The number of hydrogen-bond acceptors (Lipinski definition) is 1. The predicted molar refractivity (Wildman–Crippen MR) is 54.4 cm³/mol. The van der Waals surface area contributed by atoms with E-state index in [0.29, 0.717) is 23.4 Å². The molecule has 1 nitrogen and oxygen atoms in total. The Morgan fingerprint density at radius 3 is 2.15 bits per heavy atom. The zero-order valence-electron chi connectivity index (χ0n) is 9.14. The van der Waals surface area contributed by atoms with Crippen LogP contribution in [0.1, 0.15) is 46.5 Å². The van der Waals surface area contributed by atoms with Crippen LogP contribution in [-0.4, -0.2) is 11.7 Å². The molecule has 0 saturated heterocycles. The molecule has 2 fully saturated rings. The molecular weight excluding hydrogens is 160 g/mol.